The lowest BCUT2D eigenvalue weighted by atomic mass is 10.1. The van der Waals surface area contributed by atoms with Crippen LogP contribution in [0.15, 0.2) is 34.2 Å². The fourth-order valence-corrected chi connectivity index (χ4v) is 4.09. The van der Waals surface area contributed by atoms with Crippen LogP contribution in [0.2, 0.25) is 0 Å². The number of carbonyl (C=O) groups is 1. The fraction of sp³-hybridized carbons (Fsp3) is 0.385. The second-order valence-electron chi connectivity index (χ2n) is 4.86. The summed E-state index contributed by atoms with van der Waals surface area (Å²) in [6.07, 6.45) is 0.0526. The van der Waals surface area contributed by atoms with E-state index in [0.29, 0.717) is 17.4 Å². The predicted molar refractivity (Wildman–Crippen MR) is 90.4 cm³/mol. The van der Waals surface area contributed by atoms with Crippen LogP contribution in [0.4, 0.5) is 0 Å². The molecule has 0 aliphatic rings. The Hall–Kier alpha value is -1.78. The van der Waals surface area contributed by atoms with Crippen LogP contribution >= 0.6 is 11.0 Å². The maximum Gasteiger partial charge on any atom is 0.304 e. The van der Waals surface area contributed by atoms with Crippen molar-refractivity contribution in [2.45, 2.75) is 30.7 Å². The quantitative estimate of drug-likeness (QED) is 0.214. The van der Waals surface area contributed by atoms with E-state index in [9.17, 15) is 13.2 Å². The monoisotopic (exact) mass is 360 g/mol. The fourth-order valence-electron chi connectivity index (χ4n) is 1.65. The highest BCUT2D eigenvalue weighted by Gasteiger charge is 2.20. The van der Waals surface area contributed by atoms with E-state index in [2.05, 4.69) is 9.71 Å². The maximum absolute atomic E-state index is 12.2. The average molecular weight is 360 g/mol. The van der Waals surface area contributed by atoms with Gasteiger partial charge in [-0.25, -0.2) is 13.1 Å². The zero-order valence-corrected chi connectivity index (χ0v) is 14.2. The third kappa shape index (κ3) is 7.35. The van der Waals surface area contributed by atoms with E-state index in [0.717, 1.165) is 5.56 Å². The molecule has 0 amide bonds. The number of guanidine groups is 1. The van der Waals surface area contributed by atoms with Crippen LogP contribution in [0.3, 0.4) is 0 Å². The van der Waals surface area contributed by atoms with Gasteiger partial charge in [0.25, 0.3) is 0 Å². The molecule has 0 aliphatic heterocycles. The number of hydrogen-bond donors (Lipinski definition) is 4. The summed E-state index contributed by atoms with van der Waals surface area (Å²) in [5.74, 6) is -1.14. The molecule has 1 aromatic carbocycles. The molecule has 1 atom stereocenters. The molecule has 0 aromatic heterocycles. The van der Waals surface area contributed by atoms with Crippen molar-refractivity contribution >= 4 is 31.8 Å². The molecule has 0 saturated heterocycles. The topological polar surface area (TPSA) is 148 Å². The SMILES string of the molecule is Cc1ccc(S(=O)(=O)SNC(CCN=C(N)N)CC(=O)O)cc1. The molecule has 0 spiro atoms. The summed E-state index contributed by atoms with van der Waals surface area (Å²) in [5.41, 5.74) is 11.3. The number of rotatable bonds is 9. The van der Waals surface area contributed by atoms with E-state index < -0.39 is 20.9 Å². The first-order chi connectivity index (χ1) is 10.7. The third-order valence-corrected chi connectivity index (χ3v) is 5.85. The van der Waals surface area contributed by atoms with Crippen LogP contribution in [0, 0.1) is 6.92 Å². The van der Waals surface area contributed by atoms with Gasteiger partial charge < -0.3 is 16.6 Å². The number of nitrogens with one attached hydrogen (secondary N) is 1. The van der Waals surface area contributed by atoms with Crippen molar-refractivity contribution in [3.8, 4) is 0 Å². The Morgan fingerprint density at radius 2 is 1.96 bits per heavy atom. The van der Waals surface area contributed by atoms with Crippen molar-refractivity contribution in [3.63, 3.8) is 0 Å². The van der Waals surface area contributed by atoms with Gasteiger partial charge in [-0.1, -0.05) is 17.7 Å². The molecule has 0 saturated carbocycles. The van der Waals surface area contributed by atoms with Gasteiger partial charge in [0.2, 0.25) is 8.87 Å². The zero-order valence-electron chi connectivity index (χ0n) is 12.6. The molecule has 128 valence electrons. The Bertz CT molecular complexity index is 655. The van der Waals surface area contributed by atoms with Crippen LogP contribution in [-0.4, -0.2) is 38.0 Å². The van der Waals surface area contributed by atoms with Gasteiger partial charge in [-0.3, -0.25) is 9.79 Å². The molecule has 0 bridgehead atoms. The van der Waals surface area contributed by atoms with E-state index in [1.165, 1.54) is 12.1 Å². The summed E-state index contributed by atoms with van der Waals surface area (Å²) in [4.78, 5) is 14.8. The van der Waals surface area contributed by atoms with Gasteiger partial charge in [0.05, 0.1) is 22.3 Å². The van der Waals surface area contributed by atoms with Gasteiger partial charge in [-0.2, -0.15) is 0 Å². The molecule has 0 fully saturated rings. The van der Waals surface area contributed by atoms with E-state index >= 15 is 0 Å². The van der Waals surface area contributed by atoms with Crippen LogP contribution in [-0.2, 0) is 13.7 Å². The predicted octanol–water partition coefficient (Wildman–Crippen LogP) is 0.428. The van der Waals surface area contributed by atoms with Gasteiger partial charge in [0.15, 0.2) is 5.96 Å². The Morgan fingerprint density at radius 1 is 1.35 bits per heavy atom. The summed E-state index contributed by atoms with van der Waals surface area (Å²) in [7, 11) is -3.13. The minimum absolute atomic E-state index is 0.0981. The first-order valence-corrected chi connectivity index (χ1v) is 9.55. The van der Waals surface area contributed by atoms with Crippen molar-refractivity contribution < 1.29 is 18.3 Å². The Kier molecular flexibility index (Phi) is 7.33. The largest absolute Gasteiger partial charge is 0.481 e. The van der Waals surface area contributed by atoms with Crippen molar-refractivity contribution in [1.29, 1.82) is 0 Å². The molecule has 23 heavy (non-hydrogen) atoms. The number of carboxylic acid groups (broad SMARTS) is 1. The number of nitrogens with two attached hydrogens (primary N) is 2. The summed E-state index contributed by atoms with van der Waals surface area (Å²) in [6.45, 7) is 2.06. The smallest absolute Gasteiger partial charge is 0.304 e. The summed E-state index contributed by atoms with van der Waals surface area (Å²) in [6, 6.07) is 5.82. The standard InChI is InChI=1S/C13H20N4O4S2/c1-9-2-4-11(5-3-9)23(20,21)22-17-10(8-12(18)19)6-7-16-13(14)15/h2-5,10,17H,6-8H2,1H3,(H,18,19)(H4,14,15,16). The highest BCUT2D eigenvalue weighted by atomic mass is 33.1. The number of benzene rings is 1. The summed E-state index contributed by atoms with van der Waals surface area (Å²) in [5, 5.41) is 8.89. The van der Waals surface area contributed by atoms with Crippen molar-refractivity contribution in [2.24, 2.45) is 16.5 Å². The Morgan fingerprint density at radius 3 is 2.48 bits per heavy atom. The van der Waals surface area contributed by atoms with Crippen molar-refractivity contribution in [3.05, 3.63) is 29.8 Å². The van der Waals surface area contributed by atoms with Gasteiger partial charge in [0, 0.05) is 12.6 Å². The molecule has 0 heterocycles. The molecule has 0 aliphatic carbocycles. The number of aryl methyl sites for hydroxylation is 1. The molecule has 6 N–H and O–H groups in total. The average Bonchev–Trinajstić information content (AvgIpc) is 2.44. The summed E-state index contributed by atoms with van der Waals surface area (Å²) >= 11 is 0. The normalized spacial score (nSPS) is 12.6. The van der Waals surface area contributed by atoms with Gasteiger partial charge in [0.1, 0.15) is 0 Å². The highest BCUT2D eigenvalue weighted by molar-refractivity contribution is 8.71. The van der Waals surface area contributed by atoms with Gasteiger partial charge in [-0.15, -0.1) is 0 Å². The lowest BCUT2D eigenvalue weighted by molar-refractivity contribution is -0.137. The zero-order chi connectivity index (χ0) is 17.5. The second kappa shape index (κ2) is 8.75. The molecular formula is C13H20N4O4S2. The second-order valence-corrected chi connectivity index (χ2v) is 8.46. The minimum atomic E-state index is -3.62. The van der Waals surface area contributed by atoms with Crippen LogP contribution in [0.1, 0.15) is 18.4 Å². The molecule has 1 unspecified atom stereocenters. The first kappa shape index (κ1) is 19.3. The van der Waals surface area contributed by atoms with Crippen LogP contribution in [0.25, 0.3) is 0 Å². The van der Waals surface area contributed by atoms with E-state index in [4.69, 9.17) is 16.6 Å². The summed E-state index contributed by atoms with van der Waals surface area (Å²) < 4.78 is 27.1. The number of hydrogen-bond acceptors (Lipinski definition) is 6. The highest BCUT2D eigenvalue weighted by Crippen LogP contribution is 2.22. The molecule has 0 radical (unpaired) electrons. The molecule has 1 rings (SSSR count). The minimum Gasteiger partial charge on any atom is -0.481 e. The van der Waals surface area contributed by atoms with Gasteiger partial charge in [-0.05, 0) is 25.5 Å². The number of nitrogens with zero attached hydrogens (tertiary/aromatic N) is 1. The first-order valence-electron chi connectivity index (χ1n) is 6.73. The number of aliphatic carboxylic acids is 1. The van der Waals surface area contributed by atoms with Crippen molar-refractivity contribution in [1.82, 2.24) is 4.72 Å². The lowest BCUT2D eigenvalue weighted by Crippen LogP contribution is -2.29. The molecule has 10 heteroatoms. The lowest BCUT2D eigenvalue weighted by Gasteiger charge is -2.15. The maximum atomic E-state index is 12.2. The van der Waals surface area contributed by atoms with Gasteiger partial charge >= 0.3 is 5.97 Å². The van der Waals surface area contributed by atoms with Crippen molar-refractivity contribution in [2.75, 3.05) is 6.54 Å². The van der Waals surface area contributed by atoms with Crippen LogP contribution < -0.4 is 16.2 Å². The van der Waals surface area contributed by atoms with E-state index in [1.807, 2.05) is 6.92 Å². The Balaban J connectivity index is 2.69. The number of carboxylic acids is 1. The number of aliphatic imine (C=N–C) groups is 1. The Labute approximate surface area is 138 Å². The third-order valence-electron chi connectivity index (χ3n) is 2.83. The molecule has 8 nitrogen and oxygen atoms in total. The van der Waals surface area contributed by atoms with E-state index in [1.54, 1.807) is 12.1 Å². The molecule has 1 aromatic rings. The molecular weight excluding hydrogens is 340 g/mol. The van der Waals surface area contributed by atoms with Crippen LogP contribution in [0.5, 0.6) is 0 Å². The van der Waals surface area contributed by atoms with E-state index in [-0.39, 0.29) is 23.8 Å².